The molecule has 0 aromatic heterocycles. The molecular formula is C17H21F2NO4. The third-order valence-electron chi connectivity index (χ3n) is 4.25. The summed E-state index contributed by atoms with van der Waals surface area (Å²) in [5.41, 5.74) is -2.46. The third kappa shape index (κ3) is 4.29. The van der Waals surface area contributed by atoms with E-state index in [0.29, 0.717) is 13.0 Å². The van der Waals surface area contributed by atoms with Gasteiger partial charge >= 0.3 is 5.97 Å². The fraction of sp³-hybridized carbons (Fsp3) is 0.529. The highest BCUT2D eigenvalue weighted by Gasteiger charge is 2.39. The van der Waals surface area contributed by atoms with Gasteiger partial charge in [-0.15, -0.1) is 0 Å². The molecule has 1 aliphatic rings. The van der Waals surface area contributed by atoms with E-state index in [1.165, 1.54) is 0 Å². The summed E-state index contributed by atoms with van der Waals surface area (Å²) in [5, 5.41) is 11.8. The van der Waals surface area contributed by atoms with Gasteiger partial charge in [0.2, 0.25) is 5.91 Å². The number of amides is 1. The van der Waals surface area contributed by atoms with Crippen LogP contribution in [0.15, 0.2) is 18.2 Å². The van der Waals surface area contributed by atoms with Crippen molar-refractivity contribution < 1.29 is 28.2 Å². The van der Waals surface area contributed by atoms with E-state index in [2.05, 4.69) is 5.32 Å². The summed E-state index contributed by atoms with van der Waals surface area (Å²) >= 11 is 0. The van der Waals surface area contributed by atoms with Crippen LogP contribution in [0, 0.1) is 11.6 Å². The number of rotatable bonds is 6. The van der Waals surface area contributed by atoms with Crippen molar-refractivity contribution in [1.82, 2.24) is 5.32 Å². The summed E-state index contributed by atoms with van der Waals surface area (Å²) in [4.78, 5) is 23.7. The zero-order chi connectivity index (χ0) is 17.7. The lowest BCUT2D eigenvalue weighted by Crippen LogP contribution is -2.50. The lowest BCUT2D eigenvalue weighted by atomic mass is 9.91. The van der Waals surface area contributed by atoms with Gasteiger partial charge in [0.05, 0.1) is 6.10 Å². The lowest BCUT2D eigenvalue weighted by molar-refractivity contribution is -0.147. The number of carbonyl (C=O) groups is 2. The molecule has 0 spiro atoms. The van der Waals surface area contributed by atoms with E-state index in [9.17, 15) is 23.5 Å². The molecule has 0 radical (unpaired) electrons. The smallest absolute Gasteiger partial charge is 0.333 e. The molecule has 1 fully saturated rings. The normalized spacial score (nSPS) is 20.2. The number of aliphatic carboxylic acids is 1. The van der Waals surface area contributed by atoms with Crippen molar-refractivity contribution >= 4 is 11.9 Å². The second-order valence-corrected chi connectivity index (χ2v) is 6.13. The topological polar surface area (TPSA) is 75.6 Å². The maximum Gasteiger partial charge on any atom is 0.333 e. The van der Waals surface area contributed by atoms with Gasteiger partial charge in [-0.2, -0.15) is 0 Å². The van der Waals surface area contributed by atoms with Crippen LogP contribution in [0.3, 0.4) is 0 Å². The molecule has 2 rings (SSSR count). The summed E-state index contributed by atoms with van der Waals surface area (Å²) < 4.78 is 32.9. The Hall–Kier alpha value is -2.02. The van der Waals surface area contributed by atoms with Gasteiger partial charge in [0.1, 0.15) is 11.6 Å². The highest BCUT2D eigenvalue weighted by atomic mass is 19.1. The Bertz CT molecular complexity index is 617. The Morgan fingerprint density at radius 3 is 2.75 bits per heavy atom. The van der Waals surface area contributed by atoms with Crippen LogP contribution >= 0.6 is 0 Å². The monoisotopic (exact) mass is 341 g/mol. The van der Waals surface area contributed by atoms with Gasteiger partial charge in [-0.3, -0.25) is 4.79 Å². The van der Waals surface area contributed by atoms with Crippen LogP contribution < -0.4 is 5.32 Å². The van der Waals surface area contributed by atoms with E-state index in [-0.39, 0.29) is 12.5 Å². The quantitative estimate of drug-likeness (QED) is 0.834. The molecule has 2 N–H and O–H groups in total. The van der Waals surface area contributed by atoms with Gasteiger partial charge in [0.15, 0.2) is 5.54 Å². The molecule has 24 heavy (non-hydrogen) atoms. The molecule has 1 aromatic carbocycles. The number of hydrogen-bond donors (Lipinski definition) is 2. The largest absolute Gasteiger partial charge is 0.479 e. The van der Waals surface area contributed by atoms with E-state index in [0.717, 1.165) is 44.4 Å². The molecule has 0 bridgehead atoms. The van der Waals surface area contributed by atoms with Gasteiger partial charge in [-0.05, 0) is 50.8 Å². The number of hydrogen-bond acceptors (Lipinski definition) is 3. The van der Waals surface area contributed by atoms with E-state index in [4.69, 9.17) is 4.74 Å². The summed E-state index contributed by atoms with van der Waals surface area (Å²) in [6, 6.07) is 2.52. The molecule has 1 aromatic rings. The molecule has 7 heteroatoms. The summed E-state index contributed by atoms with van der Waals surface area (Å²) in [5.74, 6) is -3.67. The number of carboxylic acid groups (broad SMARTS) is 1. The zero-order valence-electron chi connectivity index (χ0n) is 13.5. The van der Waals surface area contributed by atoms with Crippen molar-refractivity contribution in [3.63, 3.8) is 0 Å². The molecule has 0 unspecified atom stereocenters. The van der Waals surface area contributed by atoms with Crippen LogP contribution in [-0.2, 0) is 19.9 Å². The van der Waals surface area contributed by atoms with Crippen molar-refractivity contribution in [3.05, 3.63) is 35.4 Å². The standard InChI is InChI=1S/C17H21F2NO4/c1-17(16(22)23,13-10-11(18)5-7-14(13)19)20-15(21)8-6-12-4-2-3-9-24-12/h5,7,10,12H,2-4,6,8-9H2,1H3,(H,20,21)(H,22,23)/t12-,17-/m1/s1. The number of benzene rings is 1. The molecule has 1 aliphatic heterocycles. The zero-order valence-corrected chi connectivity index (χ0v) is 13.5. The minimum atomic E-state index is -2.04. The molecule has 2 atom stereocenters. The number of halogens is 2. The van der Waals surface area contributed by atoms with Crippen molar-refractivity contribution in [1.29, 1.82) is 0 Å². The van der Waals surface area contributed by atoms with E-state index < -0.39 is 34.6 Å². The number of ether oxygens (including phenoxy) is 1. The van der Waals surface area contributed by atoms with Crippen molar-refractivity contribution in [2.24, 2.45) is 0 Å². The first kappa shape index (κ1) is 18.3. The molecular weight excluding hydrogens is 320 g/mol. The molecule has 0 saturated carbocycles. The molecule has 1 heterocycles. The van der Waals surface area contributed by atoms with E-state index in [1.807, 2.05) is 0 Å². The summed E-state index contributed by atoms with van der Waals surface area (Å²) in [7, 11) is 0. The Balaban J connectivity index is 2.08. The molecule has 1 amide bonds. The Labute approximate surface area is 139 Å². The third-order valence-corrected chi connectivity index (χ3v) is 4.25. The maximum atomic E-state index is 14.0. The summed E-state index contributed by atoms with van der Waals surface area (Å²) in [6.07, 6.45) is 3.40. The Morgan fingerprint density at radius 1 is 1.38 bits per heavy atom. The molecule has 132 valence electrons. The predicted octanol–water partition coefficient (Wildman–Crippen LogP) is 2.73. The molecule has 5 nitrogen and oxygen atoms in total. The van der Waals surface area contributed by atoms with Gasteiger partial charge in [0.25, 0.3) is 0 Å². The number of carbonyl (C=O) groups excluding carboxylic acids is 1. The number of carboxylic acids is 1. The van der Waals surface area contributed by atoms with Gasteiger partial charge in [0, 0.05) is 18.6 Å². The first-order chi connectivity index (χ1) is 11.3. The second kappa shape index (κ2) is 7.70. The predicted molar refractivity (Wildman–Crippen MR) is 82.3 cm³/mol. The fourth-order valence-corrected chi connectivity index (χ4v) is 2.79. The number of nitrogens with one attached hydrogen (secondary N) is 1. The van der Waals surface area contributed by atoms with E-state index >= 15 is 0 Å². The van der Waals surface area contributed by atoms with Crippen LogP contribution in [0.25, 0.3) is 0 Å². The minimum absolute atomic E-state index is 0.0218. The van der Waals surface area contributed by atoms with Crippen molar-refractivity contribution in [3.8, 4) is 0 Å². The highest BCUT2D eigenvalue weighted by Crippen LogP contribution is 2.26. The second-order valence-electron chi connectivity index (χ2n) is 6.13. The maximum absolute atomic E-state index is 14.0. The minimum Gasteiger partial charge on any atom is -0.479 e. The van der Waals surface area contributed by atoms with Crippen LogP contribution in [0.4, 0.5) is 8.78 Å². The fourth-order valence-electron chi connectivity index (χ4n) is 2.79. The van der Waals surface area contributed by atoms with Crippen LogP contribution in [-0.4, -0.2) is 29.7 Å². The van der Waals surface area contributed by atoms with Crippen molar-refractivity contribution in [2.75, 3.05) is 6.61 Å². The lowest BCUT2D eigenvalue weighted by Gasteiger charge is -2.28. The average Bonchev–Trinajstić information content (AvgIpc) is 2.56. The Kier molecular flexibility index (Phi) is 5.88. The molecule has 0 aliphatic carbocycles. The van der Waals surface area contributed by atoms with Crippen LogP contribution in [0.2, 0.25) is 0 Å². The van der Waals surface area contributed by atoms with E-state index in [1.54, 1.807) is 0 Å². The summed E-state index contributed by atoms with van der Waals surface area (Å²) in [6.45, 7) is 1.80. The SMILES string of the molecule is C[C@](NC(=O)CC[C@H]1CCCCO1)(C(=O)O)c1cc(F)ccc1F. The first-order valence-corrected chi connectivity index (χ1v) is 7.94. The molecule has 1 saturated heterocycles. The highest BCUT2D eigenvalue weighted by molar-refractivity contribution is 5.87. The average molecular weight is 341 g/mol. The van der Waals surface area contributed by atoms with Gasteiger partial charge < -0.3 is 15.2 Å². The van der Waals surface area contributed by atoms with Crippen molar-refractivity contribution in [2.45, 2.75) is 50.7 Å². The first-order valence-electron chi connectivity index (χ1n) is 7.94. The van der Waals surface area contributed by atoms with Gasteiger partial charge in [-0.25, -0.2) is 13.6 Å². The van der Waals surface area contributed by atoms with Crippen LogP contribution in [0.5, 0.6) is 0 Å². The van der Waals surface area contributed by atoms with Gasteiger partial charge in [-0.1, -0.05) is 0 Å². The Morgan fingerprint density at radius 2 is 2.12 bits per heavy atom. The van der Waals surface area contributed by atoms with Crippen LogP contribution in [0.1, 0.15) is 44.6 Å².